The van der Waals surface area contributed by atoms with Crippen LogP contribution in [-0.4, -0.2) is 40.8 Å². The summed E-state index contributed by atoms with van der Waals surface area (Å²) >= 11 is 0. The number of hydrogen-bond acceptors (Lipinski definition) is 5. The molecule has 1 rings (SSSR count). The monoisotopic (exact) mass is 266 g/mol. The molecule has 0 saturated heterocycles. The van der Waals surface area contributed by atoms with Crippen molar-refractivity contribution < 1.29 is 10.3 Å². The molecule has 0 amide bonds. The molecule has 1 aromatic rings. The number of oxime groups is 1. The number of nitrogens with two attached hydrogens (primary N) is 1. The van der Waals surface area contributed by atoms with Gasteiger partial charge in [0.1, 0.15) is 5.82 Å². The number of anilines is 1. The predicted molar refractivity (Wildman–Crippen MR) is 75.8 cm³/mol. The zero-order chi connectivity index (χ0) is 14.4. The molecule has 0 bridgehead atoms. The summed E-state index contributed by atoms with van der Waals surface area (Å²) in [4.78, 5) is 6.44. The molecule has 106 valence electrons. The second kappa shape index (κ2) is 6.94. The molecule has 0 aromatic carbocycles. The molecule has 0 unspecified atom stereocenters. The van der Waals surface area contributed by atoms with E-state index in [9.17, 15) is 0 Å². The topological polar surface area (TPSA) is 95.0 Å². The van der Waals surface area contributed by atoms with Crippen molar-refractivity contribution in [3.63, 3.8) is 0 Å². The van der Waals surface area contributed by atoms with Crippen molar-refractivity contribution in [2.75, 3.05) is 24.6 Å². The Bertz CT molecular complexity index is 454. The van der Waals surface area contributed by atoms with Crippen LogP contribution in [0.2, 0.25) is 0 Å². The minimum Gasteiger partial charge on any atom is -0.409 e. The Balaban J connectivity index is 3.36. The molecule has 6 nitrogen and oxygen atoms in total. The van der Waals surface area contributed by atoms with Gasteiger partial charge in [-0.05, 0) is 31.9 Å². The normalized spacial score (nSPS) is 11.7. The van der Waals surface area contributed by atoms with Gasteiger partial charge in [-0.15, -0.1) is 0 Å². The maximum absolute atomic E-state index is 9.17. The SMILES string of the molecule is CCCN(CCO)c1nc(C)cc(C)c1C(N)=NO. The number of pyridine rings is 1. The fraction of sp³-hybridized carbons (Fsp3) is 0.538. The highest BCUT2D eigenvalue weighted by Crippen LogP contribution is 2.22. The Morgan fingerprint density at radius 1 is 1.42 bits per heavy atom. The van der Waals surface area contributed by atoms with Gasteiger partial charge in [-0.2, -0.15) is 0 Å². The van der Waals surface area contributed by atoms with Crippen LogP contribution in [0.25, 0.3) is 0 Å². The van der Waals surface area contributed by atoms with E-state index in [1.165, 1.54) is 0 Å². The lowest BCUT2D eigenvalue weighted by Gasteiger charge is -2.25. The Kier molecular flexibility index (Phi) is 5.57. The summed E-state index contributed by atoms with van der Waals surface area (Å²) in [6.07, 6.45) is 0.921. The first-order chi connectivity index (χ1) is 9.04. The smallest absolute Gasteiger partial charge is 0.174 e. The predicted octanol–water partition coefficient (Wildman–Crippen LogP) is 1.00. The van der Waals surface area contributed by atoms with Crippen LogP contribution in [0.5, 0.6) is 0 Å². The van der Waals surface area contributed by atoms with Gasteiger partial charge in [-0.1, -0.05) is 12.1 Å². The average Bonchev–Trinajstić information content (AvgIpc) is 2.36. The molecular formula is C13H22N4O2. The summed E-state index contributed by atoms with van der Waals surface area (Å²) < 4.78 is 0. The maximum Gasteiger partial charge on any atom is 0.174 e. The number of aliphatic hydroxyl groups is 1. The van der Waals surface area contributed by atoms with E-state index in [4.69, 9.17) is 16.0 Å². The largest absolute Gasteiger partial charge is 0.409 e. The second-order valence-corrected chi connectivity index (χ2v) is 4.48. The molecule has 0 aliphatic rings. The van der Waals surface area contributed by atoms with E-state index in [0.717, 1.165) is 24.2 Å². The Morgan fingerprint density at radius 3 is 2.63 bits per heavy atom. The summed E-state index contributed by atoms with van der Waals surface area (Å²) in [5.41, 5.74) is 8.13. The summed E-state index contributed by atoms with van der Waals surface area (Å²) in [5.74, 6) is 0.697. The maximum atomic E-state index is 9.17. The van der Waals surface area contributed by atoms with Gasteiger partial charge in [-0.3, -0.25) is 0 Å². The molecule has 0 saturated carbocycles. The number of amidine groups is 1. The van der Waals surface area contributed by atoms with E-state index < -0.39 is 0 Å². The van der Waals surface area contributed by atoms with Crippen LogP contribution in [-0.2, 0) is 0 Å². The zero-order valence-electron chi connectivity index (χ0n) is 11.7. The quantitative estimate of drug-likeness (QED) is 0.309. The van der Waals surface area contributed by atoms with Crippen LogP contribution >= 0.6 is 0 Å². The van der Waals surface area contributed by atoms with Gasteiger partial charge >= 0.3 is 0 Å². The van der Waals surface area contributed by atoms with Crippen molar-refractivity contribution in [3.8, 4) is 0 Å². The average molecular weight is 266 g/mol. The molecule has 0 atom stereocenters. The first kappa shape index (κ1) is 15.2. The van der Waals surface area contributed by atoms with Crippen molar-refractivity contribution in [1.29, 1.82) is 0 Å². The third kappa shape index (κ3) is 3.57. The lowest BCUT2D eigenvalue weighted by atomic mass is 10.1. The highest BCUT2D eigenvalue weighted by molar-refractivity contribution is 6.02. The standard InChI is InChI=1S/C13H22N4O2/c1-4-5-17(6-7-18)13-11(12(14)16-19)9(2)8-10(3)15-13/h8,18-19H,4-7H2,1-3H3,(H2,14,16). The van der Waals surface area contributed by atoms with Crippen LogP contribution in [0, 0.1) is 13.8 Å². The molecule has 0 radical (unpaired) electrons. The van der Waals surface area contributed by atoms with E-state index >= 15 is 0 Å². The second-order valence-electron chi connectivity index (χ2n) is 4.48. The van der Waals surface area contributed by atoms with E-state index in [-0.39, 0.29) is 12.4 Å². The highest BCUT2D eigenvalue weighted by Gasteiger charge is 2.18. The van der Waals surface area contributed by atoms with E-state index in [0.29, 0.717) is 17.9 Å². The lowest BCUT2D eigenvalue weighted by molar-refractivity contribution is 0.301. The van der Waals surface area contributed by atoms with Gasteiger partial charge in [0.2, 0.25) is 0 Å². The summed E-state index contributed by atoms with van der Waals surface area (Å²) in [5, 5.41) is 21.2. The number of nitrogens with zero attached hydrogens (tertiary/aromatic N) is 3. The number of hydrogen-bond donors (Lipinski definition) is 3. The van der Waals surface area contributed by atoms with Gasteiger partial charge in [0.15, 0.2) is 5.84 Å². The fourth-order valence-corrected chi connectivity index (χ4v) is 2.13. The van der Waals surface area contributed by atoms with Crippen molar-refractivity contribution >= 4 is 11.7 Å². The molecule has 0 fully saturated rings. The molecule has 0 aliphatic heterocycles. The van der Waals surface area contributed by atoms with Crippen molar-refractivity contribution in [2.24, 2.45) is 10.9 Å². The van der Waals surface area contributed by atoms with Crippen LogP contribution in [0.15, 0.2) is 11.2 Å². The van der Waals surface area contributed by atoms with Gasteiger partial charge in [0.05, 0.1) is 12.2 Å². The molecule has 19 heavy (non-hydrogen) atoms. The van der Waals surface area contributed by atoms with Gasteiger partial charge in [-0.25, -0.2) is 4.98 Å². The lowest BCUT2D eigenvalue weighted by Crippen LogP contribution is -2.32. The van der Waals surface area contributed by atoms with Crippen molar-refractivity contribution in [1.82, 2.24) is 4.98 Å². The molecular weight excluding hydrogens is 244 g/mol. The molecule has 1 aromatic heterocycles. The summed E-state index contributed by atoms with van der Waals surface area (Å²) in [6.45, 7) is 7.10. The van der Waals surface area contributed by atoms with Crippen LogP contribution in [0.1, 0.15) is 30.2 Å². The van der Waals surface area contributed by atoms with Gasteiger partial charge in [0, 0.05) is 18.8 Å². The van der Waals surface area contributed by atoms with Crippen molar-refractivity contribution in [2.45, 2.75) is 27.2 Å². The van der Waals surface area contributed by atoms with Crippen molar-refractivity contribution in [3.05, 3.63) is 22.9 Å². The number of aromatic nitrogens is 1. The fourth-order valence-electron chi connectivity index (χ4n) is 2.13. The Hall–Kier alpha value is -1.82. The first-order valence-electron chi connectivity index (χ1n) is 6.37. The molecule has 1 heterocycles. The molecule has 0 spiro atoms. The van der Waals surface area contributed by atoms with E-state index in [1.54, 1.807) is 0 Å². The number of rotatable bonds is 6. The minimum absolute atomic E-state index is 0.0320. The molecule has 4 N–H and O–H groups in total. The number of aliphatic hydroxyl groups excluding tert-OH is 1. The van der Waals surface area contributed by atoms with Crippen LogP contribution in [0.4, 0.5) is 5.82 Å². The Morgan fingerprint density at radius 2 is 2.11 bits per heavy atom. The Labute approximate surface area is 113 Å². The van der Waals surface area contributed by atoms with Crippen LogP contribution < -0.4 is 10.6 Å². The van der Waals surface area contributed by atoms with E-state index in [1.807, 2.05) is 24.8 Å². The zero-order valence-corrected chi connectivity index (χ0v) is 11.7. The highest BCUT2D eigenvalue weighted by atomic mass is 16.4. The van der Waals surface area contributed by atoms with Gasteiger partial charge < -0.3 is 20.9 Å². The molecule has 6 heteroatoms. The minimum atomic E-state index is 0.0320. The number of aryl methyl sites for hydroxylation is 2. The first-order valence-corrected chi connectivity index (χ1v) is 6.37. The van der Waals surface area contributed by atoms with Gasteiger partial charge in [0.25, 0.3) is 0 Å². The molecule has 0 aliphatic carbocycles. The van der Waals surface area contributed by atoms with E-state index in [2.05, 4.69) is 17.1 Å². The summed E-state index contributed by atoms with van der Waals surface area (Å²) in [7, 11) is 0. The van der Waals surface area contributed by atoms with Crippen LogP contribution in [0.3, 0.4) is 0 Å². The third-order valence-electron chi connectivity index (χ3n) is 2.85. The summed E-state index contributed by atoms with van der Waals surface area (Å²) in [6, 6.07) is 1.89. The third-order valence-corrected chi connectivity index (χ3v) is 2.85.